The minimum absolute atomic E-state index is 0.114. The zero-order chi connectivity index (χ0) is 15.4. The second-order valence-electron chi connectivity index (χ2n) is 4.86. The molecule has 0 saturated carbocycles. The molecule has 0 bridgehead atoms. The Morgan fingerprint density at radius 3 is 2.90 bits per heavy atom. The van der Waals surface area contributed by atoms with Gasteiger partial charge < -0.3 is 9.47 Å². The van der Waals surface area contributed by atoms with Crippen LogP contribution in [0.2, 0.25) is 0 Å². The Morgan fingerprint density at radius 1 is 1.43 bits per heavy atom. The first-order chi connectivity index (χ1) is 10.0. The van der Waals surface area contributed by atoms with E-state index in [0.717, 1.165) is 6.42 Å². The predicted octanol–water partition coefficient (Wildman–Crippen LogP) is 0.642. The third kappa shape index (κ3) is 3.69. The van der Waals surface area contributed by atoms with E-state index in [0.29, 0.717) is 12.0 Å². The number of ether oxygens (including phenoxy) is 2. The number of H-pyrrole nitrogens is 1. The van der Waals surface area contributed by atoms with Crippen LogP contribution < -0.4 is 11.2 Å². The van der Waals surface area contributed by atoms with Gasteiger partial charge in [0.2, 0.25) is 0 Å². The van der Waals surface area contributed by atoms with Crippen molar-refractivity contribution in [1.29, 1.82) is 0 Å². The van der Waals surface area contributed by atoms with Crippen LogP contribution in [0.1, 0.15) is 31.6 Å². The molecule has 1 aromatic heterocycles. The maximum absolute atomic E-state index is 11.7. The molecule has 0 aromatic carbocycles. The molecule has 0 amide bonds. The highest BCUT2D eigenvalue weighted by Gasteiger charge is 2.23. The summed E-state index contributed by atoms with van der Waals surface area (Å²) in [5.41, 5.74) is -0.531. The van der Waals surface area contributed by atoms with Crippen molar-refractivity contribution in [3.63, 3.8) is 0 Å². The van der Waals surface area contributed by atoms with Gasteiger partial charge in [-0.1, -0.05) is 13.0 Å². The predicted molar refractivity (Wildman–Crippen MR) is 75.0 cm³/mol. The van der Waals surface area contributed by atoms with E-state index >= 15 is 0 Å². The summed E-state index contributed by atoms with van der Waals surface area (Å²) < 4.78 is 12.0. The molecular weight excluding hydrogens is 276 g/mol. The number of hydrogen-bond acceptors (Lipinski definition) is 5. The van der Waals surface area contributed by atoms with Crippen molar-refractivity contribution in [3.05, 3.63) is 44.8 Å². The molecule has 114 valence electrons. The summed E-state index contributed by atoms with van der Waals surface area (Å²) in [7, 11) is 0. The Labute approximate surface area is 121 Å². The number of rotatable bonds is 5. The highest BCUT2D eigenvalue weighted by atomic mass is 16.6. The monoisotopic (exact) mass is 294 g/mol. The fourth-order valence-electron chi connectivity index (χ4n) is 1.97. The van der Waals surface area contributed by atoms with Gasteiger partial charge in [0.25, 0.3) is 5.56 Å². The summed E-state index contributed by atoms with van der Waals surface area (Å²) in [5.74, 6) is -0.269. The highest BCUT2D eigenvalue weighted by molar-refractivity contribution is 5.69. The van der Waals surface area contributed by atoms with Crippen molar-refractivity contribution in [3.8, 4) is 0 Å². The molecule has 0 radical (unpaired) electrons. The number of nitrogens with one attached hydrogen (secondary N) is 1. The van der Waals surface area contributed by atoms with Crippen LogP contribution in [0, 0.1) is 6.92 Å². The quantitative estimate of drug-likeness (QED) is 0.636. The Bertz CT molecular complexity index is 658. The van der Waals surface area contributed by atoms with E-state index in [4.69, 9.17) is 9.47 Å². The molecule has 0 saturated heterocycles. The topological polar surface area (TPSA) is 90.4 Å². The van der Waals surface area contributed by atoms with Crippen LogP contribution in [0.5, 0.6) is 0 Å². The molecule has 1 aliphatic rings. The third-order valence-electron chi connectivity index (χ3n) is 3.09. The number of esters is 1. The summed E-state index contributed by atoms with van der Waals surface area (Å²) in [6.07, 6.45) is 4.97. The molecule has 0 unspecified atom stereocenters. The van der Waals surface area contributed by atoms with Crippen LogP contribution in [-0.4, -0.2) is 28.2 Å². The summed E-state index contributed by atoms with van der Waals surface area (Å²) in [5, 5.41) is 0. The molecule has 2 atom stereocenters. The van der Waals surface area contributed by atoms with Crippen molar-refractivity contribution < 1.29 is 14.3 Å². The molecule has 7 nitrogen and oxygen atoms in total. The molecule has 0 spiro atoms. The lowest BCUT2D eigenvalue weighted by atomic mass is 10.3. The van der Waals surface area contributed by atoms with E-state index in [2.05, 4.69) is 4.98 Å². The Morgan fingerprint density at radius 2 is 2.19 bits per heavy atom. The molecule has 0 fully saturated rings. The number of aromatic amines is 1. The fourth-order valence-corrected chi connectivity index (χ4v) is 1.97. The molecule has 0 aliphatic carbocycles. The zero-order valence-corrected chi connectivity index (χ0v) is 12.0. The maximum Gasteiger partial charge on any atom is 0.330 e. The van der Waals surface area contributed by atoms with Crippen molar-refractivity contribution in [2.75, 3.05) is 6.61 Å². The molecule has 1 aliphatic heterocycles. The van der Waals surface area contributed by atoms with E-state index in [9.17, 15) is 14.4 Å². The van der Waals surface area contributed by atoms with E-state index in [1.54, 1.807) is 19.1 Å². The van der Waals surface area contributed by atoms with Gasteiger partial charge in [-0.25, -0.2) is 4.79 Å². The summed E-state index contributed by atoms with van der Waals surface area (Å²) in [6, 6.07) is 0. The van der Waals surface area contributed by atoms with Crippen molar-refractivity contribution in [2.24, 2.45) is 0 Å². The van der Waals surface area contributed by atoms with Crippen LogP contribution in [0.25, 0.3) is 0 Å². The minimum Gasteiger partial charge on any atom is -0.463 e. The van der Waals surface area contributed by atoms with E-state index < -0.39 is 23.6 Å². The van der Waals surface area contributed by atoms with Crippen molar-refractivity contribution in [1.82, 2.24) is 9.55 Å². The van der Waals surface area contributed by atoms with Crippen molar-refractivity contribution in [2.45, 2.75) is 39.0 Å². The van der Waals surface area contributed by atoms with Gasteiger partial charge in [-0.05, 0) is 19.4 Å². The van der Waals surface area contributed by atoms with Gasteiger partial charge in [-0.2, -0.15) is 0 Å². The average Bonchev–Trinajstić information content (AvgIpc) is 2.89. The van der Waals surface area contributed by atoms with Gasteiger partial charge >= 0.3 is 11.7 Å². The van der Waals surface area contributed by atoms with Gasteiger partial charge in [0, 0.05) is 18.2 Å². The number of carbonyl (C=O) groups excluding carboxylic acids is 1. The SMILES string of the molecule is CCCC(=O)OC[C@@H]1C=C[C@H](n2cc(C)c(=O)[nH]c2=O)O1. The first-order valence-corrected chi connectivity index (χ1v) is 6.82. The second kappa shape index (κ2) is 6.53. The zero-order valence-electron chi connectivity index (χ0n) is 12.0. The third-order valence-corrected chi connectivity index (χ3v) is 3.09. The highest BCUT2D eigenvalue weighted by Crippen LogP contribution is 2.19. The lowest BCUT2D eigenvalue weighted by molar-refractivity contribution is -0.147. The number of carbonyl (C=O) groups is 1. The lowest BCUT2D eigenvalue weighted by Crippen LogP contribution is -2.33. The second-order valence-corrected chi connectivity index (χ2v) is 4.86. The standard InChI is InChI=1S/C14H18N2O5/c1-3-4-12(17)20-8-10-5-6-11(21-10)16-7-9(2)13(18)15-14(16)19/h5-7,10-11H,3-4,8H2,1-2H3,(H,15,18,19)/t10-,11+/m0/s1. The molecule has 21 heavy (non-hydrogen) atoms. The number of hydrogen-bond donors (Lipinski definition) is 1. The molecule has 2 rings (SSSR count). The summed E-state index contributed by atoms with van der Waals surface area (Å²) in [6.45, 7) is 3.62. The smallest absolute Gasteiger partial charge is 0.330 e. The van der Waals surface area contributed by atoms with Crippen LogP contribution in [-0.2, 0) is 14.3 Å². The molecule has 7 heteroatoms. The van der Waals surface area contributed by atoms with Crippen LogP contribution >= 0.6 is 0 Å². The van der Waals surface area contributed by atoms with Crippen molar-refractivity contribution >= 4 is 5.97 Å². The van der Waals surface area contributed by atoms with Crippen LogP contribution in [0.15, 0.2) is 27.9 Å². The van der Waals surface area contributed by atoms with E-state index in [1.807, 2.05) is 6.92 Å². The maximum atomic E-state index is 11.7. The molecule has 1 aromatic rings. The Kier molecular flexibility index (Phi) is 4.74. The Hall–Kier alpha value is -2.15. The van der Waals surface area contributed by atoms with Gasteiger partial charge in [-0.3, -0.25) is 19.1 Å². The van der Waals surface area contributed by atoms with Gasteiger partial charge in [-0.15, -0.1) is 0 Å². The van der Waals surface area contributed by atoms with E-state index in [-0.39, 0.29) is 12.6 Å². The van der Waals surface area contributed by atoms with Gasteiger partial charge in [0.15, 0.2) is 6.23 Å². The summed E-state index contributed by atoms with van der Waals surface area (Å²) in [4.78, 5) is 36.6. The first kappa shape index (κ1) is 15.2. The molecule has 1 N–H and O–H groups in total. The Balaban J connectivity index is 1.99. The van der Waals surface area contributed by atoms with Gasteiger partial charge in [0.05, 0.1) is 0 Å². The normalized spacial score (nSPS) is 20.7. The summed E-state index contributed by atoms with van der Waals surface area (Å²) >= 11 is 0. The number of aromatic nitrogens is 2. The number of aryl methyl sites for hydroxylation is 1. The number of nitrogens with zero attached hydrogens (tertiary/aromatic N) is 1. The molecule has 2 heterocycles. The molecular formula is C14H18N2O5. The average molecular weight is 294 g/mol. The van der Waals surface area contributed by atoms with Crippen LogP contribution in [0.3, 0.4) is 0 Å². The largest absolute Gasteiger partial charge is 0.463 e. The lowest BCUT2D eigenvalue weighted by Gasteiger charge is -2.16. The van der Waals surface area contributed by atoms with Crippen LogP contribution in [0.4, 0.5) is 0 Å². The minimum atomic E-state index is -0.608. The fraction of sp³-hybridized carbons (Fsp3) is 0.500. The van der Waals surface area contributed by atoms with E-state index in [1.165, 1.54) is 10.8 Å². The van der Waals surface area contributed by atoms with Gasteiger partial charge in [0.1, 0.15) is 12.7 Å². The first-order valence-electron chi connectivity index (χ1n) is 6.82.